The van der Waals surface area contributed by atoms with Crippen LogP contribution in [0.1, 0.15) is 24.4 Å². The van der Waals surface area contributed by atoms with Gasteiger partial charge in [-0.3, -0.25) is 9.59 Å². The predicted molar refractivity (Wildman–Crippen MR) is 96.1 cm³/mol. The number of ether oxygens (including phenoxy) is 2. The fraction of sp³-hybridized carbons (Fsp3) is 0.500. The Morgan fingerprint density at radius 2 is 2.29 bits per heavy atom. The van der Waals surface area contributed by atoms with Crippen molar-refractivity contribution in [3.63, 3.8) is 0 Å². The third-order valence-electron chi connectivity index (χ3n) is 3.61. The standard InChI is InChI=1S/C16H21BrN2O4.ClH/c1-22-16(21)9-14(11-3-2-4-12(17)7-11)19-15(20)8-13-10-23-6-5-18-13;/h2-4,7,13-14,18H,5-6,8-10H2,1H3,(H,19,20);1H. The first kappa shape index (κ1) is 20.9. The normalized spacial score (nSPS) is 18.2. The lowest BCUT2D eigenvalue weighted by Gasteiger charge is -2.25. The minimum absolute atomic E-state index is 0. The SMILES string of the molecule is COC(=O)CC(NC(=O)CC1COCCN1)c1cccc(Br)c1.Cl. The van der Waals surface area contributed by atoms with Crippen LogP contribution >= 0.6 is 28.3 Å². The molecule has 2 atom stereocenters. The summed E-state index contributed by atoms with van der Waals surface area (Å²) in [4.78, 5) is 23.9. The van der Waals surface area contributed by atoms with Gasteiger partial charge in [0.2, 0.25) is 5.91 Å². The first-order valence-electron chi connectivity index (χ1n) is 7.51. The number of hydrogen-bond donors (Lipinski definition) is 2. The maximum atomic E-state index is 12.3. The van der Waals surface area contributed by atoms with Gasteiger partial charge in [-0.25, -0.2) is 0 Å². The zero-order chi connectivity index (χ0) is 16.7. The van der Waals surface area contributed by atoms with Gasteiger partial charge in [0.05, 0.1) is 32.8 Å². The van der Waals surface area contributed by atoms with Crippen LogP contribution in [0.3, 0.4) is 0 Å². The Morgan fingerprint density at radius 3 is 2.92 bits per heavy atom. The summed E-state index contributed by atoms with van der Waals surface area (Å²) in [5.74, 6) is -0.490. The van der Waals surface area contributed by atoms with E-state index in [1.807, 2.05) is 24.3 Å². The number of halogens is 2. The number of benzene rings is 1. The maximum absolute atomic E-state index is 12.3. The minimum atomic E-state index is -0.419. The molecule has 0 aromatic heterocycles. The second kappa shape index (κ2) is 10.7. The van der Waals surface area contributed by atoms with Crippen LogP contribution < -0.4 is 10.6 Å². The Hall–Kier alpha value is -1.15. The minimum Gasteiger partial charge on any atom is -0.469 e. The highest BCUT2D eigenvalue weighted by Crippen LogP contribution is 2.21. The summed E-state index contributed by atoms with van der Waals surface area (Å²) in [6.07, 6.45) is 0.402. The second-order valence-electron chi connectivity index (χ2n) is 5.39. The molecule has 0 aliphatic carbocycles. The van der Waals surface area contributed by atoms with E-state index in [-0.39, 0.29) is 36.7 Å². The summed E-state index contributed by atoms with van der Waals surface area (Å²) in [5, 5.41) is 6.16. The molecule has 2 rings (SSSR count). The number of carbonyl (C=O) groups is 2. The van der Waals surface area contributed by atoms with E-state index in [4.69, 9.17) is 9.47 Å². The van der Waals surface area contributed by atoms with Crippen molar-refractivity contribution < 1.29 is 19.1 Å². The van der Waals surface area contributed by atoms with Crippen molar-refractivity contribution >= 4 is 40.2 Å². The fourth-order valence-electron chi connectivity index (χ4n) is 2.45. The largest absolute Gasteiger partial charge is 0.469 e. The molecule has 1 fully saturated rings. The van der Waals surface area contributed by atoms with E-state index in [9.17, 15) is 9.59 Å². The summed E-state index contributed by atoms with van der Waals surface area (Å²) >= 11 is 3.40. The number of amides is 1. The van der Waals surface area contributed by atoms with Gasteiger partial charge < -0.3 is 20.1 Å². The lowest BCUT2D eigenvalue weighted by atomic mass is 10.0. The van der Waals surface area contributed by atoms with Crippen molar-refractivity contribution in [2.45, 2.75) is 24.9 Å². The zero-order valence-electron chi connectivity index (χ0n) is 13.4. The van der Waals surface area contributed by atoms with Gasteiger partial charge in [-0.2, -0.15) is 0 Å². The number of morpholine rings is 1. The quantitative estimate of drug-likeness (QED) is 0.687. The summed E-state index contributed by atoms with van der Waals surface area (Å²) in [6, 6.07) is 7.11. The summed E-state index contributed by atoms with van der Waals surface area (Å²) in [6.45, 7) is 1.93. The molecule has 0 saturated carbocycles. The van der Waals surface area contributed by atoms with E-state index >= 15 is 0 Å². The summed E-state index contributed by atoms with van der Waals surface area (Å²) in [7, 11) is 1.34. The maximum Gasteiger partial charge on any atom is 0.307 e. The Kier molecular flexibility index (Phi) is 9.28. The molecule has 1 amide bonds. The first-order chi connectivity index (χ1) is 11.1. The molecular weight excluding hydrogens is 400 g/mol. The molecule has 6 nitrogen and oxygen atoms in total. The van der Waals surface area contributed by atoms with Crippen LogP contribution in [-0.4, -0.2) is 44.8 Å². The van der Waals surface area contributed by atoms with Crippen LogP contribution in [0.25, 0.3) is 0 Å². The van der Waals surface area contributed by atoms with Gasteiger partial charge >= 0.3 is 5.97 Å². The number of esters is 1. The summed E-state index contributed by atoms with van der Waals surface area (Å²) < 4.78 is 11.0. The molecule has 24 heavy (non-hydrogen) atoms. The van der Waals surface area contributed by atoms with Crippen LogP contribution in [0.4, 0.5) is 0 Å². The van der Waals surface area contributed by atoms with Crippen molar-refractivity contribution in [3.05, 3.63) is 34.3 Å². The van der Waals surface area contributed by atoms with Gasteiger partial charge in [0.15, 0.2) is 0 Å². The first-order valence-corrected chi connectivity index (χ1v) is 8.30. The Labute approximate surface area is 156 Å². The van der Waals surface area contributed by atoms with Crippen molar-refractivity contribution in [2.24, 2.45) is 0 Å². The lowest BCUT2D eigenvalue weighted by molar-refractivity contribution is -0.141. The monoisotopic (exact) mass is 420 g/mol. The van der Waals surface area contributed by atoms with Gasteiger partial charge in [0.1, 0.15) is 0 Å². The van der Waals surface area contributed by atoms with Crippen LogP contribution in [-0.2, 0) is 19.1 Å². The second-order valence-corrected chi connectivity index (χ2v) is 6.30. The average Bonchev–Trinajstić information content (AvgIpc) is 2.55. The van der Waals surface area contributed by atoms with Gasteiger partial charge in [-0.1, -0.05) is 28.1 Å². The van der Waals surface area contributed by atoms with Crippen LogP contribution in [0, 0.1) is 0 Å². The molecular formula is C16H22BrClN2O4. The molecule has 1 aliphatic rings. The molecule has 134 valence electrons. The Morgan fingerprint density at radius 1 is 1.50 bits per heavy atom. The van der Waals surface area contributed by atoms with Crippen molar-refractivity contribution in [2.75, 3.05) is 26.9 Å². The average molecular weight is 422 g/mol. The van der Waals surface area contributed by atoms with Crippen LogP contribution in [0.15, 0.2) is 28.7 Å². The van der Waals surface area contributed by atoms with E-state index < -0.39 is 6.04 Å². The molecule has 0 radical (unpaired) electrons. The highest BCUT2D eigenvalue weighted by atomic mass is 79.9. The van der Waals surface area contributed by atoms with Crippen LogP contribution in [0.5, 0.6) is 0 Å². The summed E-state index contributed by atoms with van der Waals surface area (Å²) in [5.41, 5.74) is 0.853. The van der Waals surface area contributed by atoms with Gasteiger partial charge in [0.25, 0.3) is 0 Å². The highest BCUT2D eigenvalue weighted by molar-refractivity contribution is 9.10. The molecule has 0 spiro atoms. The molecule has 1 aromatic carbocycles. The third-order valence-corrected chi connectivity index (χ3v) is 4.11. The Balaban J connectivity index is 0.00000288. The van der Waals surface area contributed by atoms with Crippen molar-refractivity contribution in [3.8, 4) is 0 Å². The van der Waals surface area contributed by atoms with E-state index in [1.165, 1.54) is 7.11 Å². The number of rotatable bonds is 6. The fourth-order valence-corrected chi connectivity index (χ4v) is 2.87. The van der Waals surface area contributed by atoms with Crippen LogP contribution in [0.2, 0.25) is 0 Å². The number of methoxy groups -OCH3 is 1. The predicted octanol–water partition coefficient (Wildman–Crippen LogP) is 1.97. The molecule has 2 unspecified atom stereocenters. The third kappa shape index (κ3) is 6.76. The van der Waals surface area contributed by atoms with E-state index in [2.05, 4.69) is 26.6 Å². The van der Waals surface area contributed by atoms with E-state index in [0.717, 1.165) is 16.6 Å². The van der Waals surface area contributed by atoms with Gasteiger partial charge in [-0.15, -0.1) is 12.4 Å². The zero-order valence-corrected chi connectivity index (χ0v) is 15.8. The molecule has 0 bridgehead atoms. The van der Waals surface area contributed by atoms with Crippen molar-refractivity contribution in [1.29, 1.82) is 0 Å². The van der Waals surface area contributed by atoms with Crippen molar-refractivity contribution in [1.82, 2.24) is 10.6 Å². The molecule has 1 saturated heterocycles. The topological polar surface area (TPSA) is 76.7 Å². The lowest BCUT2D eigenvalue weighted by Crippen LogP contribution is -2.44. The number of nitrogens with one attached hydrogen (secondary N) is 2. The number of carbonyl (C=O) groups excluding carboxylic acids is 2. The molecule has 1 aliphatic heterocycles. The number of hydrogen-bond acceptors (Lipinski definition) is 5. The van der Waals surface area contributed by atoms with E-state index in [0.29, 0.717) is 19.6 Å². The van der Waals surface area contributed by atoms with E-state index in [1.54, 1.807) is 0 Å². The Bertz CT molecular complexity index is 553. The highest BCUT2D eigenvalue weighted by Gasteiger charge is 2.22. The van der Waals surface area contributed by atoms with Gasteiger partial charge in [0, 0.05) is 23.5 Å². The molecule has 1 aromatic rings. The smallest absolute Gasteiger partial charge is 0.307 e. The molecule has 1 heterocycles. The van der Waals surface area contributed by atoms with Gasteiger partial charge in [-0.05, 0) is 17.7 Å². The molecule has 2 N–H and O–H groups in total. The molecule has 8 heteroatoms.